The van der Waals surface area contributed by atoms with Crippen molar-refractivity contribution in [1.29, 1.82) is 0 Å². The first-order chi connectivity index (χ1) is 8.16. The Labute approximate surface area is 112 Å². The van der Waals surface area contributed by atoms with E-state index in [1.54, 1.807) is 0 Å². The first-order valence-corrected chi connectivity index (χ1v) is 7.51. The van der Waals surface area contributed by atoms with Crippen LogP contribution in [0.1, 0.15) is 38.8 Å². The van der Waals surface area contributed by atoms with Crippen molar-refractivity contribution in [1.82, 2.24) is 14.5 Å². The van der Waals surface area contributed by atoms with E-state index in [9.17, 15) is 0 Å². The Bertz CT molecular complexity index is 353. The number of hydrogen-bond donors (Lipinski definition) is 0. The van der Waals surface area contributed by atoms with E-state index in [2.05, 4.69) is 28.3 Å². The number of aromatic nitrogens is 2. The molecule has 17 heavy (non-hydrogen) atoms. The second-order valence-corrected chi connectivity index (χ2v) is 6.56. The van der Waals surface area contributed by atoms with Crippen molar-refractivity contribution in [2.24, 2.45) is 11.8 Å². The smallest absolute Gasteiger partial charge is 0.138 e. The maximum atomic E-state index is 6.05. The molecule has 2 rings (SSSR count). The SMILES string of the molecule is CC(C)C1CCCN(Cc2nnsc2Cl)CC1. The lowest BCUT2D eigenvalue weighted by Gasteiger charge is -2.20. The molecule has 3 nitrogen and oxygen atoms in total. The molecule has 2 heterocycles. The number of hydrogen-bond acceptors (Lipinski definition) is 4. The van der Waals surface area contributed by atoms with E-state index in [-0.39, 0.29) is 0 Å². The number of rotatable bonds is 3. The summed E-state index contributed by atoms with van der Waals surface area (Å²) in [6, 6.07) is 0. The van der Waals surface area contributed by atoms with E-state index in [1.807, 2.05) is 0 Å². The maximum absolute atomic E-state index is 6.05. The van der Waals surface area contributed by atoms with E-state index in [0.717, 1.165) is 41.5 Å². The molecule has 0 bridgehead atoms. The molecule has 5 heteroatoms. The molecule has 1 aromatic heterocycles. The van der Waals surface area contributed by atoms with Crippen LogP contribution >= 0.6 is 23.1 Å². The van der Waals surface area contributed by atoms with Crippen LogP contribution in [0.4, 0.5) is 0 Å². The molecule has 1 aliphatic heterocycles. The van der Waals surface area contributed by atoms with E-state index in [4.69, 9.17) is 11.6 Å². The van der Waals surface area contributed by atoms with Crippen LogP contribution in [0.2, 0.25) is 4.34 Å². The van der Waals surface area contributed by atoms with Gasteiger partial charge in [-0.3, -0.25) is 4.90 Å². The summed E-state index contributed by atoms with van der Waals surface area (Å²) in [5.41, 5.74) is 0.944. The summed E-state index contributed by atoms with van der Waals surface area (Å²) >= 11 is 7.33. The zero-order chi connectivity index (χ0) is 12.3. The highest BCUT2D eigenvalue weighted by atomic mass is 35.5. The molecule has 1 aliphatic rings. The predicted octanol–water partition coefficient (Wildman–Crippen LogP) is 3.45. The Morgan fingerprint density at radius 2 is 2.24 bits per heavy atom. The number of halogens is 1. The quantitative estimate of drug-likeness (QED) is 0.845. The van der Waals surface area contributed by atoms with Crippen molar-refractivity contribution in [3.05, 3.63) is 10.0 Å². The van der Waals surface area contributed by atoms with Gasteiger partial charge in [0.2, 0.25) is 0 Å². The van der Waals surface area contributed by atoms with Gasteiger partial charge in [0.15, 0.2) is 0 Å². The summed E-state index contributed by atoms with van der Waals surface area (Å²) in [7, 11) is 0. The highest BCUT2D eigenvalue weighted by Crippen LogP contribution is 2.26. The second-order valence-electron chi connectivity index (χ2n) is 5.20. The Morgan fingerprint density at radius 1 is 1.41 bits per heavy atom. The molecule has 1 fully saturated rings. The third-order valence-corrected chi connectivity index (χ3v) is 4.68. The normalized spacial score (nSPS) is 22.9. The summed E-state index contributed by atoms with van der Waals surface area (Å²) in [6.45, 7) is 7.86. The molecular weight excluding hydrogens is 254 g/mol. The minimum Gasteiger partial charge on any atom is -0.297 e. The van der Waals surface area contributed by atoms with Gasteiger partial charge in [0, 0.05) is 18.1 Å². The van der Waals surface area contributed by atoms with Gasteiger partial charge in [0.1, 0.15) is 10.0 Å². The van der Waals surface area contributed by atoms with Crippen molar-refractivity contribution in [3.63, 3.8) is 0 Å². The van der Waals surface area contributed by atoms with Crippen LogP contribution in [0, 0.1) is 11.8 Å². The number of likely N-dealkylation sites (tertiary alicyclic amines) is 1. The molecule has 1 unspecified atom stereocenters. The fourth-order valence-corrected chi connectivity index (χ4v) is 3.12. The van der Waals surface area contributed by atoms with Gasteiger partial charge in [-0.2, -0.15) is 0 Å². The molecule has 0 aliphatic carbocycles. The fraction of sp³-hybridized carbons (Fsp3) is 0.833. The Hall–Kier alpha value is -0.190. The molecule has 0 N–H and O–H groups in total. The van der Waals surface area contributed by atoms with Gasteiger partial charge >= 0.3 is 0 Å². The van der Waals surface area contributed by atoms with Crippen molar-refractivity contribution in [2.45, 2.75) is 39.7 Å². The van der Waals surface area contributed by atoms with Gasteiger partial charge in [-0.15, -0.1) is 5.10 Å². The molecule has 0 aromatic carbocycles. The van der Waals surface area contributed by atoms with Gasteiger partial charge in [-0.05, 0) is 44.2 Å². The van der Waals surface area contributed by atoms with Crippen molar-refractivity contribution in [2.75, 3.05) is 13.1 Å². The first-order valence-electron chi connectivity index (χ1n) is 6.36. The topological polar surface area (TPSA) is 29.0 Å². The molecular formula is C12H20ClN3S. The van der Waals surface area contributed by atoms with Gasteiger partial charge in [-0.1, -0.05) is 29.9 Å². The second kappa shape index (κ2) is 6.12. The third kappa shape index (κ3) is 3.63. The minimum atomic E-state index is 0.745. The van der Waals surface area contributed by atoms with Gasteiger partial charge < -0.3 is 0 Å². The molecule has 0 amide bonds. The molecule has 0 spiro atoms. The zero-order valence-electron chi connectivity index (χ0n) is 10.5. The largest absolute Gasteiger partial charge is 0.297 e. The molecule has 96 valence electrons. The van der Waals surface area contributed by atoms with E-state index in [1.165, 1.54) is 30.8 Å². The third-order valence-electron chi connectivity index (χ3n) is 3.69. The maximum Gasteiger partial charge on any atom is 0.138 e. The predicted molar refractivity (Wildman–Crippen MR) is 72.4 cm³/mol. The van der Waals surface area contributed by atoms with Crippen molar-refractivity contribution < 1.29 is 0 Å². The van der Waals surface area contributed by atoms with Crippen LogP contribution in [0.5, 0.6) is 0 Å². The number of nitrogens with zero attached hydrogens (tertiary/aromatic N) is 3. The van der Waals surface area contributed by atoms with E-state index in [0.29, 0.717) is 0 Å². The molecule has 1 aromatic rings. The highest BCUT2D eigenvalue weighted by molar-refractivity contribution is 7.10. The summed E-state index contributed by atoms with van der Waals surface area (Å²) in [6.07, 6.45) is 3.95. The van der Waals surface area contributed by atoms with Crippen LogP contribution in [0.15, 0.2) is 0 Å². The summed E-state index contributed by atoms with van der Waals surface area (Å²) in [5.74, 6) is 1.68. The zero-order valence-corrected chi connectivity index (χ0v) is 12.1. The fourth-order valence-electron chi connectivity index (χ4n) is 2.51. The van der Waals surface area contributed by atoms with Crippen LogP contribution < -0.4 is 0 Å². The molecule has 0 radical (unpaired) electrons. The Morgan fingerprint density at radius 3 is 2.88 bits per heavy atom. The van der Waals surface area contributed by atoms with Gasteiger partial charge in [0.25, 0.3) is 0 Å². The Kier molecular flexibility index (Phi) is 4.77. The average Bonchev–Trinajstić information content (AvgIpc) is 2.55. The van der Waals surface area contributed by atoms with E-state index < -0.39 is 0 Å². The van der Waals surface area contributed by atoms with E-state index >= 15 is 0 Å². The summed E-state index contributed by atoms with van der Waals surface area (Å²) in [4.78, 5) is 2.46. The monoisotopic (exact) mass is 273 g/mol. The summed E-state index contributed by atoms with van der Waals surface area (Å²) in [5, 5.41) is 4.09. The average molecular weight is 274 g/mol. The molecule has 0 saturated carbocycles. The minimum absolute atomic E-state index is 0.745. The van der Waals surface area contributed by atoms with Crippen LogP contribution in [-0.2, 0) is 6.54 Å². The van der Waals surface area contributed by atoms with Crippen LogP contribution in [-0.4, -0.2) is 27.6 Å². The van der Waals surface area contributed by atoms with Crippen molar-refractivity contribution in [3.8, 4) is 0 Å². The lowest BCUT2D eigenvalue weighted by atomic mass is 9.89. The lowest BCUT2D eigenvalue weighted by Crippen LogP contribution is -2.25. The first kappa shape index (κ1) is 13.2. The molecule has 1 saturated heterocycles. The van der Waals surface area contributed by atoms with Crippen LogP contribution in [0.3, 0.4) is 0 Å². The summed E-state index contributed by atoms with van der Waals surface area (Å²) < 4.78 is 4.63. The highest BCUT2D eigenvalue weighted by Gasteiger charge is 2.20. The van der Waals surface area contributed by atoms with Gasteiger partial charge in [0.05, 0.1) is 0 Å². The Balaban J connectivity index is 1.89. The van der Waals surface area contributed by atoms with Crippen molar-refractivity contribution >= 4 is 23.1 Å². The van der Waals surface area contributed by atoms with Gasteiger partial charge in [-0.25, -0.2) is 0 Å². The van der Waals surface area contributed by atoms with Crippen LogP contribution in [0.25, 0.3) is 0 Å². The standard InChI is InChI=1S/C12H20ClN3S/c1-9(2)10-4-3-6-16(7-5-10)8-11-12(13)17-15-14-11/h9-10H,3-8H2,1-2H3. The lowest BCUT2D eigenvalue weighted by molar-refractivity contribution is 0.262. The molecule has 1 atom stereocenters.